The molecular weight excluding hydrogens is 350 g/mol. The van der Waals surface area contributed by atoms with Crippen LogP contribution in [-0.4, -0.2) is 31.1 Å². The van der Waals surface area contributed by atoms with Gasteiger partial charge in [-0.15, -0.1) is 16.9 Å². The van der Waals surface area contributed by atoms with E-state index in [2.05, 4.69) is 46.6 Å². The molecule has 0 saturated carbocycles. The van der Waals surface area contributed by atoms with Crippen LogP contribution in [0.1, 0.15) is 41.5 Å². The molecule has 0 radical (unpaired) electrons. The lowest BCUT2D eigenvalue weighted by Gasteiger charge is -2.05. The molecule has 3 aromatic rings. The van der Waals surface area contributed by atoms with Crippen LogP contribution < -0.4 is 5.32 Å². The van der Waals surface area contributed by atoms with Gasteiger partial charge in [0.25, 0.3) is 5.91 Å². The Morgan fingerprint density at radius 3 is 2.62 bits per heavy atom. The fourth-order valence-electron chi connectivity index (χ4n) is 2.34. The van der Waals surface area contributed by atoms with E-state index < -0.39 is 0 Å². The second-order valence-electron chi connectivity index (χ2n) is 6.24. The second kappa shape index (κ2) is 7.74. The lowest BCUT2D eigenvalue weighted by atomic mass is 10.1. The van der Waals surface area contributed by atoms with E-state index in [0.29, 0.717) is 23.3 Å². The van der Waals surface area contributed by atoms with Gasteiger partial charge in [0.15, 0.2) is 5.69 Å². The van der Waals surface area contributed by atoms with Crippen molar-refractivity contribution in [1.29, 1.82) is 0 Å². The number of amides is 1. The van der Waals surface area contributed by atoms with Gasteiger partial charge in [-0.25, -0.2) is 0 Å². The molecule has 0 aliphatic carbocycles. The van der Waals surface area contributed by atoms with E-state index in [9.17, 15) is 4.79 Å². The van der Waals surface area contributed by atoms with E-state index in [1.165, 1.54) is 4.90 Å². The van der Waals surface area contributed by atoms with Crippen molar-refractivity contribution in [2.75, 3.05) is 5.32 Å². The number of anilines is 1. The van der Waals surface area contributed by atoms with Gasteiger partial charge in [0.1, 0.15) is 0 Å². The molecule has 0 unspecified atom stereocenters. The number of rotatable bonds is 6. The van der Waals surface area contributed by atoms with Crippen molar-refractivity contribution < 1.29 is 9.21 Å². The minimum atomic E-state index is -0.376. The molecule has 0 aliphatic rings. The van der Waals surface area contributed by atoms with Crippen molar-refractivity contribution in [2.45, 2.75) is 37.3 Å². The Morgan fingerprint density at radius 1 is 1.27 bits per heavy atom. The molecule has 1 N–H and O–H groups in total. The lowest BCUT2D eigenvalue weighted by molar-refractivity contribution is 0.101. The summed E-state index contributed by atoms with van der Waals surface area (Å²) in [6, 6.07) is 10.0. The van der Waals surface area contributed by atoms with Gasteiger partial charge in [-0.1, -0.05) is 31.1 Å². The van der Waals surface area contributed by atoms with Crippen molar-refractivity contribution in [3.8, 4) is 0 Å². The average molecular weight is 371 g/mol. The largest absolute Gasteiger partial charge is 0.407 e. The third-order valence-electron chi connectivity index (χ3n) is 3.68. The molecular formula is C18H21N5O2S. The summed E-state index contributed by atoms with van der Waals surface area (Å²) in [7, 11) is 1.78. The zero-order valence-electron chi connectivity index (χ0n) is 15.2. The van der Waals surface area contributed by atoms with Crippen LogP contribution in [0.15, 0.2) is 39.6 Å². The maximum Gasteiger partial charge on any atom is 0.322 e. The third kappa shape index (κ3) is 4.51. The number of hydrogen-bond acceptors (Lipinski definition) is 6. The molecule has 8 heteroatoms. The Labute approximate surface area is 156 Å². The van der Waals surface area contributed by atoms with Crippen molar-refractivity contribution in [3.63, 3.8) is 0 Å². The summed E-state index contributed by atoms with van der Waals surface area (Å²) >= 11 is 1.82. The van der Waals surface area contributed by atoms with Crippen LogP contribution in [0, 0.1) is 6.92 Å². The Hall–Kier alpha value is -2.61. The van der Waals surface area contributed by atoms with E-state index in [4.69, 9.17) is 4.42 Å². The topological polar surface area (TPSA) is 85.8 Å². The molecule has 0 saturated heterocycles. The predicted octanol–water partition coefficient (Wildman–Crippen LogP) is 3.46. The minimum Gasteiger partial charge on any atom is -0.407 e. The smallest absolute Gasteiger partial charge is 0.322 e. The maximum absolute atomic E-state index is 12.2. The molecule has 26 heavy (non-hydrogen) atoms. The first-order valence-corrected chi connectivity index (χ1v) is 9.18. The van der Waals surface area contributed by atoms with Gasteiger partial charge in [0.2, 0.25) is 5.89 Å². The molecule has 7 nitrogen and oxygen atoms in total. The number of aromatic nitrogens is 4. The first kappa shape index (κ1) is 18.2. The molecule has 136 valence electrons. The average Bonchev–Trinajstić information content (AvgIpc) is 3.16. The molecule has 0 spiro atoms. The first-order valence-electron chi connectivity index (χ1n) is 8.30. The monoisotopic (exact) mass is 371 g/mol. The molecule has 2 aromatic heterocycles. The van der Waals surface area contributed by atoms with E-state index in [0.717, 1.165) is 11.3 Å². The van der Waals surface area contributed by atoms with E-state index in [1.54, 1.807) is 17.8 Å². The van der Waals surface area contributed by atoms with Gasteiger partial charge in [-0.3, -0.25) is 14.8 Å². The van der Waals surface area contributed by atoms with E-state index in [1.807, 2.05) is 30.8 Å². The fraction of sp³-hybridized carbons (Fsp3) is 0.333. The summed E-state index contributed by atoms with van der Waals surface area (Å²) in [5.41, 5.74) is 2.27. The number of carbonyl (C=O) groups is 1. The molecule has 0 fully saturated rings. The molecule has 0 atom stereocenters. The van der Waals surface area contributed by atoms with E-state index >= 15 is 0 Å². The molecule has 0 aliphatic heterocycles. The molecule has 3 rings (SSSR count). The van der Waals surface area contributed by atoms with Crippen molar-refractivity contribution >= 4 is 23.7 Å². The zero-order chi connectivity index (χ0) is 18.7. The van der Waals surface area contributed by atoms with Crippen molar-refractivity contribution in [3.05, 3.63) is 53.2 Å². The Morgan fingerprint density at radius 2 is 2.00 bits per heavy atom. The lowest BCUT2D eigenvalue weighted by Crippen LogP contribution is -2.13. The summed E-state index contributed by atoms with van der Waals surface area (Å²) in [6.45, 7) is 6.21. The number of aryl methyl sites for hydroxylation is 2. The zero-order valence-corrected chi connectivity index (χ0v) is 16.0. The summed E-state index contributed by atoms with van der Waals surface area (Å²) in [5, 5.41) is 15.1. The van der Waals surface area contributed by atoms with Crippen LogP contribution in [0.4, 0.5) is 6.01 Å². The SMILES string of the molecule is Cc1cc(C(=O)Nc2nnc(Cc3ccc(SC(C)C)cc3)o2)nn1C. The number of hydrogen-bond donors (Lipinski definition) is 1. The van der Waals surface area contributed by atoms with Crippen molar-refractivity contribution in [1.82, 2.24) is 20.0 Å². The normalized spacial score (nSPS) is 11.1. The van der Waals surface area contributed by atoms with Gasteiger partial charge in [-0.2, -0.15) is 5.10 Å². The van der Waals surface area contributed by atoms with E-state index in [-0.39, 0.29) is 11.9 Å². The van der Waals surface area contributed by atoms with Gasteiger partial charge in [0, 0.05) is 22.9 Å². The summed E-state index contributed by atoms with van der Waals surface area (Å²) < 4.78 is 7.15. The Bertz CT molecular complexity index is 879. The maximum atomic E-state index is 12.2. The predicted molar refractivity (Wildman–Crippen MR) is 100 cm³/mol. The van der Waals surface area contributed by atoms with Crippen LogP contribution in [0.2, 0.25) is 0 Å². The van der Waals surface area contributed by atoms with Crippen molar-refractivity contribution in [2.24, 2.45) is 7.05 Å². The number of thioether (sulfide) groups is 1. The van der Waals surface area contributed by atoms with Crippen LogP contribution in [0.5, 0.6) is 0 Å². The fourth-order valence-corrected chi connectivity index (χ4v) is 3.18. The molecule has 1 amide bonds. The molecule has 2 heterocycles. The number of carbonyl (C=O) groups excluding carboxylic acids is 1. The molecule has 0 bridgehead atoms. The van der Waals surface area contributed by atoms with Gasteiger partial charge < -0.3 is 4.42 Å². The summed E-state index contributed by atoms with van der Waals surface area (Å²) in [4.78, 5) is 13.4. The number of benzene rings is 1. The second-order valence-corrected chi connectivity index (χ2v) is 7.89. The van der Waals surface area contributed by atoms with Crippen LogP contribution >= 0.6 is 11.8 Å². The highest BCUT2D eigenvalue weighted by Gasteiger charge is 2.15. The minimum absolute atomic E-state index is 0.0697. The first-order chi connectivity index (χ1) is 12.4. The van der Waals surface area contributed by atoms with Crippen LogP contribution in [-0.2, 0) is 13.5 Å². The standard InChI is InChI=1S/C18H21N5O2S/c1-11(2)26-14-7-5-13(6-8-14)10-16-20-21-18(25-16)19-17(24)15-9-12(3)23(4)22-15/h5-9,11H,10H2,1-4H3,(H,19,21,24). The van der Waals surface area contributed by atoms with Crippen LogP contribution in [0.25, 0.3) is 0 Å². The Balaban J connectivity index is 1.61. The highest BCUT2D eigenvalue weighted by molar-refractivity contribution is 7.99. The highest BCUT2D eigenvalue weighted by Crippen LogP contribution is 2.23. The van der Waals surface area contributed by atoms with Crippen LogP contribution in [0.3, 0.4) is 0 Å². The van der Waals surface area contributed by atoms with Gasteiger partial charge >= 0.3 is 6.01 Å². The third-order valence-corrected chi connectivity index (χ3v) is 4.70. The summed E-state index contributed by atoms with van der Waals surface area (Å²) in [6.07, 6.45) is 0.512. The number of nitrogens with one attached hydrogen (secondary N) is 1. The highest BCUT2D eigenvalue weighted by atomic mass is 32.2. The quantitative estimate of drug-likeness (QED) is 0.668. The van der Waals surface area contributed by atoms with Gasteiger partial charge in [0.05, 0.1) is 6.42 Å². The molecule has 1 aromatic carbocycles. The Kier molecular flexibility index (Phi) is 5.41. The number of nitrogens with zero attached hydrogens (tertiary/aromatic N) is 4. The summed E-state index contributed by atoms with van der Waals surface area (Å²) in [5.74, 6) is 0.0701. The van der Waals surface area contributed by atoms with Gasteiger partial charge in [-0.05, 0) is 30.7 Å².